The lowest BCUT2D eigenvalue weighted by atomic mass is 9.63. The van der Waals surface area contributed by atoms with E-state index in [0.29, 0.717) is 10.8 Å². The zero-order chi connectivity index (χ0) is 9.32. The van der Waals surface area contributed by atoms with Gasteiger partial charge in [-0.25, -0.2) is 0 Å². The maximum absolute atomic E-state index is 2.69. The Balaban J connectivity index is 0.000000750. The van der Waals surface area contributed by atoms with Crippen molar-refractivity contribution in [1.82, 2.24) is 4.90 Å². The summed E-state index contributed by atoms with van der Waals surface area (Å²) in [4.78, 5) is 2.69. The Hall–Kier alpha value is 0.650. The van der Waals surface area contributed by atoms with E-state index in [1.54, 1.807) is 0 Å². The molecule has 14 heavy (non-hydrogen) atoms. The highest BCUT2D eigenvalue weighted by Gasteiger charge is 2.59. The zero-order valence-electron chi connectivity index (χ0n) is 9.52. The van der Waals surface area contributed by atoms with Gasteiger partial charge >= 0.3 is 0 Å². The van der Waals surface area contributed by atoms with E-state index in [1.807, 2.05) is 0 Å². The molecule has 4 heterocycles. The minimum atomic E-state index is 0. The number of hydrogen-bond donors (Lipinski definition) is 0. The number of halogens is 1. The molecule has 0 amide bonds. The molecular formula is C11H21IN2. The molecule has 2 atom stereocenters. The van der Waals surface area contributed by atoms with Gasteiger partial charge in [-0.3, -0.25) is 4.90 Å². The van der Waals surface area contributed by atoms with E-state index >= 15 is 0 Å². The SMILES string of the molecule is CC12CN3CC(C)(C1)C[N+](C)(C3)C2.[I-]. The minimum absolute atomic E-state index is 0. The summed E-state index contributed by atoms with van der Waals surface area (Å²) < 4.78 is 1.31. The van der Waals surface area contributed by atoms with Crippen molar-refractivity contribution in [2.75, 3.05) is 39.9 Å². The van der Waals surface area contributed by atoms with E-state index in [-0.39, 0.29) is 24.0 Å². The van der Waals surface area contributed by atoms with Crippen molar-refractivity contribution in [3.63, 3.8) is 0 Å². The van der Waals surface area contributed by atoms with Gasteiger partial charge in [0.25, 0.3) is 0 Å². The Labute approximate surface area is 104 Å². The summed E-state index contributed by atoms with van der Waals surface area (Å²) in [5.41, 5.74) is 1.25. The smallest absolute Gasteiger partial charge is 0.134 e. The van der Waals surface area contributed by atoms with Crippen molar-refractivity contribution in [1.29, 1.82) is 0 Å². The van der Waals surface area contributed by atoms with Crippen LogP contribution in [0.2, 0.25) is 0 Å². The van der Waals surface area contributed by atoms with Crippen LogP contribution in [0, 0.1) is 10.8 Å². The molecule has 82 valence electrons. The van der Waals surface area contributed by atoms with Crippen molar-refractivity contribution in [3.8, 4) is 0 Å². The number of nitrogens with zero attached hydrogens (tertiary/aromatic N) is 2. The van der Waals surface area contributed by atoms with Crippen LogP contribution >= 0.6 is 0 Å². The average molecular weight is 308 g/mol. The number of rotatable bonds is 0. The predicted octanol–water partition coefficient (Wildman–Crippen LogP) is -1.86. The highest BCUT2D eigenvalue weighted by Crippen LogP contribution is 2.50. The van der Waals surface area contributed by atoms with Crippen LogP contribution in [0.25, 0.3) is 0 Å². The van der Waals surface area contributed by atoms with Gasteiger partial charge in [0.15, 0.2) is 0 Å². The van der Waals surface area contributed by atoms with Gasteiger partial charge in [0.1, 0.15) is 6.67 Å². The van der Waals surface area contributed by atoms with Gasteiger partial charge in [-0.05, 0) is 6.42 Å². The average Bonchev–Trinajstić information content (AvgIpc) is 1.71. The lowest BCUT2D eigenvalue weighted by Gasteiger charge is -2.65. The highest BCUT2D eigenvalue weighted by atomic mass is 127. The predicted molar refractivity (Wildman–Crippen MR) is 53.2 cm³/mol. The van der Waals surface area contributed by atoms with Gasteiger partial charge in [-0.1, -0.05) is 13.8 Å². The monoisotopic (exact) mass is 308 g/mol. The van der Waals surface area contributed by atoms with Crippen molar-refractivity contribution < 1.29 is 28.5 Å². The van der Waals surface area contributed by atoms with Crippen LogP contribution in [0.3, 0.4) is 0 Å². The van der Waals surface area contributed by atoms with Crippen LogP contribution < -0.4 is 24.0 Å². The van der Waals surface area contributed by atoms with Gasteiger partial charge in [-0.15, -0.1) is 0 Å². The molecular weight excluding hydrogens is 287 g/mol. The molecule has 0 saturated carbocycles. The van der Waals surface area contributed by atoms with Crippen LogP contribution in [-0.4, -0.2) is 49.3 Å². The van der Waals surface area contributed by atoms with Crippen molar-refractivity contribution in [3.05, 3.63) is 0 Å². The van der Waals surface area contributed by atoms with Gasteiger partial charge in [-0.2, -0.15) is 0 Å². The van der Waals surface area contributed by atoms with E-state index in [1.165, 1.54) is 43.8 Å². The molecule has 0 aromatic heterocycles. The van der Waals surface area contributed by atoms with Crippen LogP contribution in [0.4, 0.5) is 0 Å². The number of quaternary nitrogens is 1. The van der Waals surface area contributed by atoms with Gasteiger partial charge in [0.05, 0.1) is 20.1 Å². The highest BCUT2D eigenvalue weighted by molar-refractivity contribution is 4.99. The van der Waals surface area contributed by atoms with Gasteiger partial charge in [0.2, 0.25) is 0 Å². The van der Waals surface area contributed by atoms with E-state index in [4.69, 9.17) is 0 Å². The zero-order valence-corrected chi connectivity index (χ0v) is 11.7. The fraction of sp³-hybridized carbons (Fsp3) is 1.00. The standard InChI is InChI=1S/C11H21N2.HI/c1-10-4-11(2)6-12(5-10)9-13(3,7-10)8-11;/h4-9H2,1-3H3;1H/q+1;/p-1. The molecule has 0 spiro atoms. The van der Waals surface area contributed by atoms with Crippen LogP contribution in [0.15, 0.2) is 0 Å². The second-order valence-corrected chi connectivity index (χ2v) is 6.86. The molecule has 4 fully saturated rings. The van der Waals surface area contributed by atoms with E-state index < -0.39 is 0 Å². The summed E-state index contributed by atoms with van der Waals surface area (Å²) in [7, 11) is 2.45. The Morgan fingerprint density at radius 3 is 1.93 bits per heavy atom. The second kappa shape index (κ2) is 2.86. The molecule has 4 bridgehead atoms. The summed E-state index contributed by atoms with van der Waals surface area (Å²) in [5, 5.41) is 0. The molecule has 0 aromatic carbocycles. The first kappa shape index (κ1) is 11.1. The first-order valence-corrected chi connectivity index (χ1v) is 5.47. The Kier molecular flexibility index (Phi) is 2.27. The largest absolute Gasteiger partial charge is 1.00 e. The first-order chi connectivity index (χ1) is 5.91. The lowest BCUT2D eigenvalue weighted by Crippen LogP contribution is -3.00. The molecule has 4 rings (SSSR count). The maximum Gasteiger partial charge on any atom is 0.134 e. The molecule has 2 unspecified atom stereocenters. The third-order valence-corrected chi connectivity index (χ3v) is 4.13. The summed E-state index contributed by atoms with van der Waals surface area (Å²) >= 11 is 0. The quantitative estimate of drug-likeness (QED) is 0.375. The molecule has 2 nitrogen and oxygen atoms in total. The van der Waals surface area contributed by atoms with E-state index in [2.05, 4.69) is 25.8 Å². The number of hydrogen-bond acceptors (Lipinski definition) is 1. The van der Waals surface area contributed by atoms with E-state index in [9.17, 15) is 0 Å². The van der Waals surface area contributed by atoms with Crippen LogP contribution in [-0.2, 0) is 0 Å². The van der Waals surface area contributed by atoms with Crippen molar-refractivity contribution in [2.24, 2.45) is 10.8 Å². The fourth-order valence-corrected chi connectivity index (χ4v) is 5.07. The summed E-state index contributed by atoms with van der Waals surface area (Å²) in [6.45, 7) is 11.8. The Morgan fingerprint density at radius 2 is 1.57 bits per heavy atom. The fourth-order valence-electron chi connectivity index (χ4n) is 5.07. The van der Waals surface area contributed by atoms with E-state index in [0.717, 1.165) is 0 Å². The third-order valence-electron chi connectivity index (χ3n) is 4.13. The van der Waals surface area contributed by atoms with Crippen LogP contribution in [0.1, 0.15) is 20.3 Å². The molecule has 0 aromatic rings. The molecule has 3 heteroatoms. The van der Waals surface area contributed by atoms with Crippen molar-refractivity contribution in [2.45, 2.75) is 20.3 Å². The molecule has 4 saturated heterocycles. The van der Waals surface area contributed by atoms with Crippen LogP contribution in [0.5, 0.6) is 0 Å². The summed E-state index contributed by atoms with van der Waals surface area (Å²) in [5.74, 6) is 0. The van der Waals surface area contributed by atoms with Gasteiger partial charge < -0.3 is 28.5 Å². The normalized spacial score (nSPS) is 59.8. The molecule has 0 radical (unpaired) electrons. The second-order valence-electron chi connectivity index (χ2n) is 6.86. The molecule has 4 aliphatic heterocycles. The van der Waals surface area contributed by atoms with Gasteiger partial charge in [0, 0.05) is 23.9 Å². The lowest BCUT2D eigenvalue weighted by molar-refractivity contribution is -0.953. The Morgan fingerprint density at radius 1 is 1.07 bits per heavy atom. The third kappa shape index (κ3) is 1.52. The van der Waals surface area contributed by atoms with Crippen molar-refractivity contribution >= 4 is 0 Å². The summed E-state index contributed by atoms with van der Waals surface area (Å²) in [6.07, 6.45) is 1.46. The Bertz CT molecular complexity index is 215. The summed E-state index contributed by atoms with van der Waals surface area (Å²) in [6, 6.07) is 0. The molecule has 0 N–H and O–H groups in total. The molecule has 4 aliphatic rings. The molecule has 0 aliphatic carbocycles. The topological polar surface area (TPSA) is 3.24 Å². The minimum Gasteiger partial charge on any atom is -1.00 e. The first-order valence-electron chi connectivity index (χ1n) is 5.47. The number of piperidine rings is 2. The maximum atomic E-state index is 2.69.